The fraction of sp³-hybridized carbons (Fsp3) is 0.286. The monoisotopic (exact) mass is 172 g/mol. The number of anilines is 1. The van der Waals surface area contributed by atoms with Gasteiger partial charge in [0.05, 0.1) is 0 Å². The van der Waals surface area contributed by atoms with Gasteiger partial charge in [-0.3, -0.25) is 0 Å². The number of aryl methyl sites for hydroxylation is 1. The summed E-state index contributed by atoms with van der Waals surface area (Å²) in [4.78, 5) is 10.2. The van der Waals surface area contributed by atoms with Gasteiger partial charge in [0.2, 0.25) is 5.00 Å². The highest BCUT2D eigenvalue weighted by Gasteiger charge is 2.11. The third kappa shape index (κ3) is 1.94. The molecule has 1 unspecified atom stereocenters. The van der Waals surface area contributed by atoms with Crippen molar-refractivity contribution in [2.45, 2.75) is 12.7 Å². The topological polar surface area (TPSA) is 49.3 Å². The first kappa shape index (κ1) is 8.07. The zero-order chi connectivity index (χ0) is 8.27. The Kier molecular flexibility index (Phi) is 2.48. The van der Waals surface area contributed by atoms with Crippen molar-refractivity contribution in [3.8, 4) is 0 Å². The van der Waals surface area contributed by atoms with Crippen molar-refractivity contribution in [2.75, 3.05) is 5.32 Å². The zero-order valence-electron chi connectivity index (χ0n) is 6.20. The maximum absolute atomic E-state index is 10.2. The van der Waals surface area contributed by atoms with Crippen molar-refractivity contribution >= 4 is 21.6 Å². The molecule has 1 rings (SSSR count). The van der Waals surface area contributed by atoms with E-state index in [1.807, 2.05) is 18.4 Å². The molecule has 0 aliphatic heterocycles. The van der Waals surface area contributed by atoms with Crippen LogP contribution in [0.25, 0.3) is 0 Å². The van der Waals surface area contributed by atoms with Crippen molar-refractivity contribution in [1.29, 1.82) is 0 Å². The molecule has 0 bridgehead atoms. The average Bonchev–Trinajstić information content (AvgIpc) is 2.34. The summed E-state index contributed by atoms with van der Waals surface area (Å²) in [5.74, 6) is 0.961. The largest absolute Gasteiger partial charge is 0.465 e. The quantitative estimate of drug-likeness (QED) is 0.673. The highest BCUT2D eigenvalue weighted by Crippen LogP contribution is 2.30. The van der Waals surface area contributed by atoms with Crippen molar-refractivity contribution in [1.82, 2.24) is 0 Å². The van der Waals surface area contributed by atoms with Gasteiger partial charge in [-0.2, -0.15) is 0 Å². The third-order valence-corrected chi connectivity index (χ3v) is 3.22. The molecule has 0 spiro atoms. The van der Waals surface area contributed by atoms with Crippen LogP contribution in [0.15, 0.2) is 17.5 Å². The van der Waals surface area contributed by atoms with Gasteiger partial charge in [0.25, 0.3) is 0 Å². The fourth-order valence-electron chi connectivity index (χ4n) is 0.847. The van der Waals surface area contributed by atoms with Crippen LogP contribution in [-0.4, -0.2) is 11.2 Å². The third-order valence-electron chi connectivity index (χ3n) is 1.31. The zero-order valence-corrected chi connectivity index (χ0v) is 7.02. The molecule has 0 radical (unpaired) electrons. The van der Waals surface area contributed by atoms with E-state index in [1.165, 1.54) is 0 Å². The first-order chi connectivity index (χ1) is 5.24. The molecule has 4 heteroatoms. The number of carboxylic acid groups (broad SMARTS) is 1. The van der Waals surface area contributed by atoms with Crippen LogP contribution in [0, 0.1) is 0 Å². The molecule has 1 atom stereocenters. The van der Waals surface area contributed by atoms with Gasteiger partial charge >= 0.3 is 6.09 Å². The first-order valence-electron chi connectivity index (χ1n) is 3.32. The van der Waals surface area contributed by atoms with E-state index in [1.54, 1.807) is 6.07 Å². The molecule has 60 valence electrons. The van der Waals surface area contributed by atoms with Gasteiger partial charge in [-0.15, -0.1) is 0 Å². The van der Waals surface area contributed by atoms with Gasteiger partial charge < -0.3 is 5.11 Å². The second kappa shape index (κ2) is 3.39. The summed E-state index contributed by atoms with van der Waals surface area (Å²) in [6.07, 6.45) is -0.981. The Morgan fingerprint density at radius 3 is 3.09 bits per heavy atom. The summed E-state index contributed by atoms with van der Waals surface area (Å²) in [5, 5.41) is 13.6. The number of thiophene rings is 1. The highest BCUT2D eigenvalue weighted by atomic mass is 32.2. The van der Waals surface area contributed by atoms with E-state index in [2.05, 4.69) is 5.32 Å². The van der Waals surface area contributed by atoms with Crippen LogP contribution < -0.4 is 5.32 Å². The lowest BCUT2D eigenvalue weighted by Gasteiger charge is -1.91. The van der Waals surface area contributed by atoms with E-state index in [4.69, 9.17) is 5.11 Å². The molecule has 0 aromatic carbocycles. The van der Waals surface area contributed by atoms with Crippen LogP contribution in [-0.2, 0) is 5.75 Å². The smallest absolute Gasteiger partial charge is 0.412 e. The van der Waals surface area contributed by atoms with Crippen molar-refractivity contribution < 1.29 is 9.90 Å². The molecular formula is C7H10NO2S+. The number of carbonyl (C=O) groups is 1. The Hall–Kier alpha value is -1.03. The minimum atomic E-state index is -0.981. The van der Waals surface area contributed by atoms with Crippen LogP contribution in [0.3, 0.4) is 0 Å². The Morgan fingerprint density at radius 1 is 1.82 bits per heavy atom. The molecule has 1 heterocycles. The number of amides is 1. The minimum Gasteiger partial charge on any atom is -0.465 e. The summed E-state index contributed by atoms with van der Waals surface area (Å²) in [5.41, 5.74) is 0. The predicted molar refractivity (Wildman–Crippen MR) is 46.2 cm³/mol. The molecule has 0 saturated carbocycles. The van der Waals surface area contributed by atoms with Crippen molar-refractivity contribution in [3.63, 3.8) is 0 Å². The van der Waals surface area contributed by atoms with Crippen LogP contribution in [0.4, 0.5) is 9.80 Å². The maximum Gasteiger partial charge on any atom is 0.412 e. The summed E-state index contributed by atoms with van der Waals surface area (Å²) >= 11 is 0. The van der Waals surface area contributed by atoms with Gasteiger partial charge in [0.1, 0.15) is 11.1 Å². The molecule has 11 heavy (non-hydrogen) atoms. The standard InChI is InChI=1S/C7H9NO2S/c1-2-11-5-3-4-6(11)8-7(9)10/h3-5,8H,2H2,1H3/p+1. The van der Waals surface area contributed by atoms with E-state index in [0.29, 0.717) is 0 Å². The summed E-state index contributed by atoms with van der Waals surface area (Å²) < 4.78 is 0. The molecule has 3 nitrogen and oxygen atoms in total. The molecule has 0 fully saturated rings. The van der Waals surface area contributed by atoms with E-state index >= 15 is 0 Å². The summed E-state index contributed by atoms with van der Waals surface area (Å²) in [7, 11) is -0.00401. The molecule has 0 aliphatic rings. The minimum absolute atomic E-state index is 0.00401. The predicted octanol–water partition coefficient (Wildman–Crippen LogP) is 2.55. The van der Waals surface area contributed by atoms with E-state index in [9.17, 15) is 4.79 Å². The van der Waals surface area contributed by atoms with Gasteiger partial charge in [0, 0.05) is 16.5 Å². The molecule has 0 saturated heterocycles. The van der Waals surface area contributed by atoms with Crippen LogP contribution in [0.2, 0.25) is 0 Å². The number of hydrogen-bond acceptors (Lipinski definition) is 1. The molecular weight excluding hydrogens is 162 g/mol. The lowest BCUT2D eigenvalue weighted by molar-refractivity contribution is 0.210. The van der Waals surface area contributed by atoms with Crippen LogP contribution in [0.5, 0.6) is 0 Å². The molecule has 1 aromatic rings. The van der Waals surface area contributed by atoms with Gasteiger partial charge in [-0.05, 0) is 13.0 Å². The lowest BCUT2D eigenvalue weighted by atomic mass is 10.6. The van der Waals surface area contributed by atoms with Gasteiger partial charge in [-0.1, -0.05) is 0 Å². The normalized spacial score (nSPS) is 11.2. The lowest BCUT2D eigenvalue weighted by Crippen LogP contribution is -2.05. The second-order valence-electron chi connectivity index (χ2n) is 2.01. The number of nitrogens with one attached hydrogen (secondary N) is 1. The molecule has 2 N–H and O–H groups in total. The summed E-state index contributed by atoms with van der Waals surface area (Å²) in [6, 6.07) is 3.69. The highest BCUT2D eigenvalue weighted by molar-refractivity contribution is 7.32. The van der Waals surface area contributed by atoms with Crippen LogP contribution >= 0.6 is 10.5 Å². The fourth-order valence-corrected chi connectivity index (χ4v) is 2.24. The molecule has 1 amide bonds. The molecule has 1 aromatic heterocycles. The maximum atomic E-state index is 10.2. The van der Waals surface area contributed by atoms with Crippen molar-refractivity contribution in [2.24, 2.45) is 0 Å². The average molecular weight is 172 g/mol. The molecule has 0 aliphatic carbocycles. The SMILES string of the molecule is CC[s+]1cccc1NC(=O)O. The van der Waals surface area contributed by atoms with Crippen LogP contribution in [0.1, 0.15) is 6.92 Å². The van der Waals surface area contributed by atoms with E-state index in [0.717, 1.165) is 10.8 Å². The van der Waals surface area contributed by atoms with E-state index < -0.39 is 6.09 Å². The Morgan fingerprint density at radius 2 is 2.55 bits per heavy atom. The van der Waals surface area contributed by atoms with E-state index in [-0.39, 0.29) is 10.5 Å². The van der Waals surface area contributed by atoms with Gasteiger partial charge in [-0.25, -0.2) is 10.1 Å². The Labute approximate surface area is 67.6 Å². The second-order valence-corrected chi connectivity index (χ2v) is 4.15. The first-order valence-corrected chi connectivity index (χ1v) is 4.78. The van der Waals surface area contributed by atoms with Gasteiger partial charge in [0.15, 0.2) is 0 Å². The Bertz CT molecular complexity index is 257. The summed E-state index contributed by atoms with van der Waals surface area (Å²) in [6.45, 7) is 2.04. The number of rotatable bonds is 2. The number of hydrogen-bond donors (Lipinski definition) is 2. The van der Waals surface area contributed by atoms with Crippen molar-refractivity contribution in [3.05, 3.63) is 17.5 Å². The Balaban J connectivity index is 2.76.